The van der Waals surface area contributed by atoms with E-state index in [0.29, 0.717) is 0 Å². The van der Waals surface area contributed by atoms with Crippen LogP contribution in [-0.4, -0.2) is 20.1 Å². The van der Waals surface area contributed by atoms with Gasteiger partial charge in [-0.25, -0.2) is 9.97 Å². The van der Waals surface area contributed by atoms with Crippen molar-refractivity contribution in [3.8, 4) is 0 Å². The molecule has 0 radical (unpaired) electrons. The third-order valence-electron chi connectivity index (χ3n) is 0.777. The van der Waals surface area contributed by atoms with Crippen LogP contribution in [0.15, 0.2) is 11.4 Å². The zero-order chi connectivity index (χ0) is 6.85. The lowest BCUT2D eigenvalue weighted by atomic mass is 10.8. The molecule has 0 aromatic carbocycles. The largest absolute Gasteiger partial charge is 0.752 e. The lowest BCUT2D eigenvalue weighted by molar-refractivity contribution is -0.733. The fourth-order valence-corrected chi connectivity index (χ4v) is 0.602. The minimum Gasteiger partial charge on any atom is -0.752 e. The van der Waals surface area contributed by atoms with Gasteiger partial charge in [-0.3, -0.25) is 0 Å². The van der Waals surface area contributed by atoms with Gasteiger partial charge in [0.1, 0.15) is 0 Å². The first kappa shape index (κ1) is 5.96. The molecule has 0 aliphatic rings. The second-order valence-corrected chi connectivity index (χ2v) is 1.72. The van der Waals surface area contributed by atoms with Gasteiger partial charge < -0.3 is 17.8 Å². The normalized spacial score (nSPS) is 9.33. The molecule has 48 valence electrons. The van der Waals surface area contributed by atoms with E-state index in [0.717, 1.165) is 0 Å². The third kappa shape index (κ3) is 0.968. The van der Waals surface area contributed by atoms with Crippen LogP contribution >= 0.6 is 0 Å². The molecule has 9 heavy (non-hydrogen) atoms. The number of H-pyrrole nitrogens is 1. The van der Waals surface area contributed by atoms with Crippen LogP contribution in [0.3, 0.4) is 0 Å². The van der Waals surface area contributed by atoms with Gasteiger partial charge in [0.15, 0.2) is 11.3 Å². The van der Waals surface area contributed by atoms with Gasteiger partial charge in [0, 0.05) is 5.03 Å². The predicted octanol–water partition coefficient (Wildman–Crippen LogP) is 0.115. The van der Waals surface area contributed by atoms with Crippen molar-refractivity contribution >= 4 is 18.4 Å². The second kappa shape index (κ2) is 1.98. The van der Waals surface area contributed by atoms with Gasteiger partial charge >= 0.3 is 5.82 Å². The molecule has 0 saturated carbocycles. The summed E-state index contributed by atoms with van der Waals surface area (Å²) < 4.78 is 0. The zero-order valence-corrected chi connectivity index (χ0v) is 5.05. The summed E-state index contributed by atoms with van der Waals surface area (Å²) >= 11 is 4.52. The summed E-state index contributed by atoms with van der Waals surface area (Å²) in [4.78, 5) is 15.6. The Morgan fingerprint density at radius 3 is 2.78 bits per heavy atom. The molecule has 2 N–H and O–H groups in total. The molecule has 1 heterocycles. The van der Waals surface area contributed by atoms with Crippen LogP contribution in [0.25, 0.3) is 0 Å². The number of aromatic amines is 1. The lowest BCUT2D eigenvalue weighted by Crippen LogP contribution is -1.92. The molecule has 1 rings (SSSR count). The Labute approximate surface area is 55.7 Å². The SMILES string of the molecule is O=[N+](O)c1[nH]cnc1[S-]. The Bertz CT molecular complexity index is 233. The van der Waals surface area contributed by atoms with E-state index in [9.17, 15) is 4.91 Å². The van der Waals surface area contributed by atoms with E-state index >= 15 is 0 Å². The first-order valence-electron chi connectivity index (χ1n) is 2.08. The summed E-state index contributed by atoms with van der Waals surface area (Å²) in [5.41, 5.74) is 0. The molecule has 1 aromatic rings. The number of aromatic nitrogens is 2. The highest BCUT2D eigenvalue weighted by Crippen LogP contribution is 2.08. The molecule has 0 unspecified atom stereocenters. The average molecular weight is 145 g/mol. The Morgan fingerprint density at radius 2 is 2.56 bits per heavy atom. The van der Waals surface area contributed by atoms with E-state index in [4.69, 9.17) is 5.21 Å². The third-order valence-corrected chi connectivity index (χ3v) is 1.08. The van der Waals surface area contributed by atoms with Gasteiger partial charge in [-0.2, -0.15) is 0 Å². The average Bonchev–Trinajstić information content (AvgIpc) is 2.13. The van der Waals surface area contributed by atoms with Crippen LogP contribution in [0.2, 0.25) is 0 Å². The molecule has 0 fully saturated rings. The quantitative estimate of drug-likeness (QED) is 0.435. The van der Waals surface area contributed by atoms with Crippen molar-refractivity contribution in [2.24, 2.45) is 0 Å². The van der Waals surface area contributed by atoms with Crippen LogP contribution < -0.4 is 0 Å². The van der Waals surface area contributed by atoms with E-state index < -0.39 is 0 Å². The van der Waals surface area contributed by atoms with E-state index in [1.165, 1.54) is 6.33 Å². The van der Waals surface area contributed by atoms with E-state index in [-0.39, 0.29) is 15.8 Å². The zero-order valence-electron chi connectivity index (χ0n) is 4.24. The van der Waals surface area contributed by atoms with Crippen LogP contribution in [0.4, 0.5) is 5.82 Å². The maximum Gasteiger partial charge on any atom is 0.366 e. The molecule has 0 saturated heterocycles. The Kier molecular flexibility index (Phi) is 1.31. The molecule has 0 bridgehead atoms. The summed E-state index contributed by atoms with van der Waals surface area (Å²) in [6.45, 7) is 0. The predicted molar refractivity (Wildman–Crippen MR) is 29.3 cm³/mol. The molecule has 6 heteroatoms. The number of hydrogen-bond donors (Lipinski definition) is 2. The molecule has 0 amide bonds. The molecule has 5 nitrogen and oxygen atoms in total. The van der Waals surface area contributed by atoms with E-state index in [1.54, 1.807) is 0 Å². The number of nitrogens with one attached hydrogen (secondary N) is 1. The smallest absolute Gasteiger partial charge is 0.366 e. The first-order valence-corrected chi connectivity index (χ1v) is 2.49. The van der Waals surface area contributed by atoms with Crippen LogP contribution in [0.5, 0.6) is 0 Å². The van der Waals surface area contributed by atoms with Gasteiger partial charge in [0.25, 0.3) is 0 Å². The molecular weight excluding hydrogens is 142 g/mol. The van der Waals surface area contributed by atoms with Crippen molar-refractivity contribution in [2.75, 3.05) is 0 Å². The molecule has 0 aliphatic carbocycles. The van der Waals surface area contributed by atoms with E-state index in [2.05, 4.69) is 22.6 Å². The fourth-order valence-electron chi connectivity index (χ4n) is 0.412. The second-order valence-electron chi connectivity index (χ2n) is 1.33. The highest BCUT2D eigenvalue weighted by molar-refractivity contribution is 7.58. The molecule has 0 aliphatic heterocycles. The molecule has 1 aromatic heterocycles. The fraction of sp³-hybridized carbons (Fsp3) is 0. The summed E-state index contributed by atoms with van der Waals surface area (Å²) in [5.74, 6) is -0.106. The minimum atomic E-state index is -0.352. The number of imidazole rings is 1. The highest BCUT2D eigenvalue weighted by atomic mass is 32.1. The Morgan fingerprint density at radius 1 is 1.89 bits per heavy atom. The number of hydrogen-bond acceptors (Lipinski definition) is 3. The maximum absolute atomic E-state index is 10.1. The van der Waals surface area contributed by atoms with Crippen molar-refractivity contribution in [3.05, 3.63) is 11.2 Å². The molecular formula is C3H3N3O2S. The lowest BCUT2D eigenvalue weighted by Gasteiger charge is -1.90. The van der Waals surface area contributed by atoms with Crippen LogP contribution in [0.1, 0.15) is 0 Å². The maximum atomic E-state index is 10.1. The van der Waals surface area contributed by atoms with E-state index in [1.807, 2.05) is 0 Å². The summed E-state index contributed by atoms with van der Waals surface area (Å²) in [5, 5.41) is 8.30. The van der Waals surface area contributed by atoms with Crippen molar-refractivity contribution in [1.29, 1.82) is 0 Å². The van der Waals surface area contributed by atoms with Crippen molar-refractivity contribution in [3.63, 3.8) is 0 Å². The van der Waals surface area contributed by atoms with Crippen molar-refractivity contribution < 1.29 is 10.1 Å². The summed E-state index contributed by atoms with van der Waals surface area (Å²) in [6, 6.07) is 0. The summed E-state index contributed by atoms with van der Waals surface area (Å²) in [7, 11) is 0. The van der Waals surface area contributed by atoms with Gasteiger partial charge in [-0.05, 0) is 4.91 Å². The topological polar surface area (TPSA) is 69.0 Å². The highest BCUT2D eigenvalue weighted by Gasteiger charge is 2.09. The minimum absolute atomic E-state index is 0.0625. The summed E-state index contributed by atoms with van der Waals surface area (Å²) in [6.07, 6.45) is 1.23. The number of rotatable bonds is 1. The first-order chi connectivity index (χ1) is 4.22. The standard InChI is InChI=1S/C3H3N3O2S/c7-6(8)2-3(9)5-1-4-2/h1H,(H2-,4,5,7,8,9). The monoisotopic (exact) mass is 145 g/mol. The van der Waals surface area contributed by atoms with Gasteiger partial charge in [0.2, 0.25) is 0 Å². The molecule has 0 spiro atoms. The number of nitrogens with zero attached hydrogens (tertiary/aromatic N) is 2. The molecule has 0 atom stereocenters. The van der Waals surface area contributed by atoms with Gasteiger partial charge in [-0.15, -0.1) is 0 Å². The van der Waals surface area contributed by atoms with Crippen molar-refractivity contribution in [2.45, 2.75) is 5.03 Å². The van der Waals surface area contributed by atoms with Crippen LogP contribution in [-0.2, 0) is 12.6 Å². The van der Waals surface area contributed by atoms with Crippen molar-refractivity contribution in [1.82, 2.24) is 9.97 Å². The van der Waals surface area contributed by atoms with Gasteiger partial charge in [-0.1, -0.05) is 0 Å². The van der Waals surface area contributed by atoms with Gasteiger partial charge in [0.05, 0.1) is 0 Å². The Balaban J connectivity index is 3.08. The Hall–Kier alpha value is -1.17. The van der Waals surface area contributed by atoms with Crippen LogP contribution in [0, 0.1) is 4.91 Å².